The third-order valence-corrected chi connectivity index (χ3v) is 4.87. The van der Waals surface area contributed by atoms with Crippen LogP contribution >= 0.6 is 11.8 Å². The van der Waals surface area contributed by atoms with Crippen molar-refractivity contribution in [1.82, 2.24) is 14.9 Å². The number of nitrogens with zero attached hydrogens (tertiary/aromatic N) is 3. The maximum Gasteiger partial charge on any atom is 0.316 e. The Hall–Kier alpha value is -2.08. The van der Waals surface area contributed by atoms with Crippen LogP contribution in [0.15, 0.2) is 48.8 Å². The predicted octanol–water partition coefficient (Wildman–Crippen LogP) is 2.78. The van der Waals surface area contributed by atoms with Gasteiger partial charge in [-0.3, -0.25) is 4.79 Å². The molecule has 1 fully saturated rings. The molecule has 1 unspecified atom stereocenters. The van der Waals surface area contributed by atoms with Crippen LogP contribution in [0.1, 0.15) is 18.4 Å². The number of carbonyl (C=O) groups is 1. The zero-order valence-corrected chi connectivity index (χ0v) is 14.3. The first-order valence-electron chi connectivity index (χ1n) is 8.14. The van der Waals surface area contributed by atoms with E-state index in [0.29, 0.717) is 18.3 Å². The molecule has 0 N–H and O–H groups in total. The van der Waals surface area contributed by atoms with Gasteiger partial charge in [-0.25, -0.2) is 9.97 Å². The summed E-state index contributed by atoms with van der Waals surface area (Å²) in [6.45, 7) is 1.42. The SMILES string of the molecule is O=C(CSCc1ccccc1)N1CCCC(Oc2ncccn2)C1. The van der Waals surface area contributed by atoms with Gasteiger partial charge in [-0.15, -0.1) is 11.8 Å². The monoisotopic (exact) mass is 343 g/mol. The normalized spacial score (nSPS) is 17.5. The van der Waals surface area contributed by atoms with Gasteiger partial charge < -0.3 is 9.64 Å². The number of hydrogen-bond acceptors (Lipinski definition) is 5. The summed E-state index contributed by atoms with van der Waals surface area (Å²) in [5.74, 6) is 1.54. The van der Waals surface area contributed by atoms with E-state index in [9.17, 15) is 4.79 Å². The summed E-state index contributed by atoms with van der Waals surface area (Å²) < 4.78 is 5.79. The van der Waals surface area contributed by atoms with Gasteiger partial charge in [0.25, 0.3) is 0 Å². The molecule has 3 rings (SSSR count). The highest BCUT2D eigenvalue weighted by molar-refractivity contribution is 7.99. The predicted molar refractivity (Wildman–Crippen MR) is 94.9 cm³/mol. The molecule has 0 aliphatic carbocycles. The van der Waals surface area contributed by atoms with Crippen LogP contribution in [0.4, 0.5) is 0 Å². The molecule has 1 atom stereocenters. The van der Waals surface area contributed by atoms with Crippen LogP contribution in [0.5, 0.6) is 6.01 Å². The third kappa shape index (κ3) is 4.96. The Morgan fingerprint density at radius 1 is 1.21 bits per heavy atom. The van der Waals surface area contributed by atoms with Crippen molar-refractivity contribution in [3.05, 3.63) is 54.4 Å². The molecule has 6 heteroatoms. The number of carbonyl (C=O) groups excluding carboxylic acids is 1. The summed E-state index contributed by atoms with van der Waals surface area (Å²) in [6, 6.07) is 12.4. The average molecular weight is 343 g/mol. The van der Waals surface area contributed by atoms with Crippen LogP contribution in [0.25, 0.3) is 0 Å². The standard InChI is InChI=1S/C18H21N3O2S/c22-17(14-24-13-15-6-2-1-3-7-15)21-11-4-8-16(12-21)23-18-19-9-5-10-20-18/h1-3,5-7,9-10,16H,4,8,11-14H2. The van der Waals surface area contributed by atoms with E-state index in [-0.39, 0.29) is 12.0 Å². The van der Waals surface area contributed by atoms with Crippen LogP contribution < -0.4 is 4.74 Å². The maximum absolute atomic E-state index is 12.4. The Bertz CT molecular complexity index is 639. The smallest absolute Gasteiger partial charge is 0.316 e. The van der Waals surface area contributed by atoms with Crippen LogP contribution in [-0.2, 0) is 10.5 Å². The molecule has 126 valence electrons. The summed E-state index contributed by atoms with van der Waals surface area (Å²) in [6.07, 6.45) is 5.18. The van der Waals surface area contributed by atoms with E-state index in [1.807, 2.05) is 23.1 Å². The lowest BCUT2D eigenvalue weighted by atomic mass is 10.1. The number of likely N-dealkylation sites (tertiary alicyclic amines) is 1. The molecule has 0 bridgehead atoms. The minimum atomic E-state index is -0.0239. The average Bonchev–Trinajstić information content (AvgIpc) is 2.64. The van der Waals surface area contributed by atoms with Crippen LogP contribution in [0, 0.1) is 0 Å². The fourth-order valence-corrected chi connectivity index (χ4v) is 3.57. The molecule has 1 aliphatic rings. The van der Waals surface area contributed by atoms with Crippen LogP contribution in [0.3, 0.4) is 0 Å². The number of ether oxygens (including phenoxy) is 1. The Morgan fingerprint density at radius 3 is 2.79 bits per heavy atom. The van der Waals surface area contributed by atoms with Gasteiger partial charge in [0.2, 0.25) is 5.91 Å². The second-order valence-corrected chi connectivity index (χ2v) is 6.72. The third-order valence-electron chi connectivity index (χ3n) is 3.88. The van der Waals surface area contributed by atoms with Crippen molar-refractivity contribution in [3.8, 4) is 6.01 Å². The highest BCUT2D eigenvalue weighted by atomic mass is 32.2. The Kier molecular flexibility index (Phi) is 6.07. The molecular weight excluding hydrogens is 322 g/mol. The number of hydrogen-bond donors (Lipinski definition) is 0. The molecule has 0 spiro atoms. The van der Waals surface area contributed by atoms with E-state index in [0.717, 1.165) is 25.1 Å². The second-order valence-electron chi connectivity index (χ2n) is 5.73. The van der Waals surface area contributed by atoms with Crippen molar-refractivity contribution in [3.63, 3.8) is 0 Å². The molecule has 1 aliphatic heterocycles. The molecule has 1 aromatic carbocycles. The zero-order valence-electron chi connectivity index (χ0n) is 13.5. The quantitative estimate of drug-likeness (QED) is 0.807. The van der Waals surface area contributed by atoms with Gasteiger partial charge in [-0.2, -0.15) is 0 Å². The van der Waals surface area contributed by atoms with Gasteiger partial charge in [0.05, 0.1) is 12.3 Å². The molecule has 0 saturated carbocycles. The van der Waals surface area contributed by atoms with Gasteiger partial charge in [0.1, 0.15) is 6.10 Å². The maximum atomic E-state index is 12.4. The van der Waals surface area contributed by atoms with Crippen molar-refractivity contribution in [1.29, 1.82) is 0 Å². The Morgan fingerprint density at radius 2 is 2.00 bits per heavy atom. The lowest BCUT2D eigenvalue weighted by Gasteiger charge is -2.32. The Labute approximate surface area is 146 Å². The fraction of sp³-hybridized carbons (Fsp3) is 0.389. The van der Waals surface area contributed by atoms with E-state index in [2.05, 4.69) is 22.1 Å². The topological polar surface area (TPSA) is 55.3 Å². The summed E-state index contributed by atoms with van der Waals surface area (Å²) >= 11 is 1.66. The molecule has 24 heavy (non-hydrogen) atoms. The summed E-state index contributed by atoms with van der Waals surface area (Å²) in [5, 5.41) is 0. The molecule has 1 aromatic heterocycles. The highest BCUT2D eigenvalue weighted by Crippen LogP contribution is 2.17. The van der Waals surface area contributed by atoms with Gasteiger partial charge in [0.15, 0.2) is 0 Å². The largest absolute Gasteiger partial charge is 0.458 e. The number of amides is 1. The molecule has 1 saturated heterocycles. The molecular formula is C18H21N3O2S. The first-order valence-corrected chi connectivity index (χ1v) is 9.30. The van der Waals surface area contributed by atoms with E-state index in [4.69, 9.17) is 4.74 Å². The van der Waals surface area contributed by atoms with Crippen molar-refractivity contribution in [2.24, 2.45) is 0 Å². The fourth-order valence-electron chi connectivity index (χ4n) is 2.68. The summed E-state index contributed by atoms with van der Waals surface area (Å²) in [7, 11) is 0. The number of aromatic nitrogens is 2. The van der Waals surface area contributed by atoms with Crippen LogP contribution in [-0.4, -0.2) is 45.7 Å². The number of piperidine rings is 1. The van der Waals surface area contributed by atoms with Crippen molar-refractivity contribution in [2.75, 3.05) is 18.8 Å². The van der Waals surface area contributed by atoms with Gasteiger partial charge in [0, 0.05) is 24.7 Å². The minimum Gasteiger partial charge on any atom is -0.458 e. The lowest BCUT2D eigenvalue weighted by molar-refractivity contribution is -0.131. The summed E-state index contributed by atoms with van der Waals surface area (Å²) in [4.78, 5) is 22.5. The highest BCUT2D eigenvalue weighted by Gasteiger charge is 2.25. The molecule has 1 amide bonds. The molecule has 0 radical (unpaired) electrons. The van der Waals surface area contributed by atoms with E-state index in [1.54, 1.807) is 30.2 Å². The molecule has 2 heterocycles. The van der Waals surface area contributed by atoms with E-state index in [1.165, 1.54) is 5.56 Å². The molecule has 2 aromatic rings. The van der Waals surface area contributed by atoms with Gasteiger partial charge in [-0.05, 0) is 24.5 Å². The second kappa shape index (κ2) is 8.68. The number of thioether (sulfide) groups is 1. The summed E-state index contributed by atoms with van der Waals surface area (Å²) in [5.41, 5.74) is 1.25. The van der Waals surface area contributed by atoms with Crippen molar-refractivity contribution in [2.45, 2.75) is 24.7 Å². The van der Waals surface area contributed by atoms with Crippen molar-refractivity contribution < 1.29 is 9.53 Å². The minimum absolute atomic E-state index is 0.0239. The van der Waals surface area contributed by atoms with Crippen LogP contribution in [0.2, 0.25) is 0 Å². The number of benzene rings is 1. The van der Waals surface area contributed by atoms with E-state index >= 15 is 0 Å². The Balaban J connectivity index is 1.44. The molecule has 5 nitrogen and oxygen atoms in total. The zero-order chi connectivity index (χ0) is 16.6. The first kappa shape index (κ1) is 16.8. The first-order chi connectivity index (χ1) is 11.8. The lowest BCUT2D eigenvalue weighted by Crippen LogP contribution is -2.45. The van der Waals surface area contributed by atoms with Gasteiger partial charge >= 0.3 is 6.01 Å². The van der Waals surface area contributed by atoms with Crippen molar-refractivity contribution >= 4 is 17.7 Å². The van der Waals surface area contributed by atoms with E-state index < -0.39 is 0 Å². The van der Waals surface area contributed by atoms with Gasteiger partial charge in [-0.1, -0.05) is 30.3 Å². The number of rotatable bonds is 6.